The molecular formula is C15H13IN2O3. The molecule has 0 unspecified atom stereocenters. The van der Waals surface area contributed by atoms with Gasteiger partial charge < -0.3 is 20.1 Å². The fourth-order valence-electron chi connectivity index (χ4n) is 1.96. The highest BCUT2D eigenvalue weighted by atomic mass is 127. The third-order valence-corrected chi connectivity index (χ3v) is 3.95. The van der Waals surface area contributed by atoms with Crippen molar-refractivity contribution in [3.63, 3.8) is 0 Å². The highest BCUT2D eigenvalue weighted by molar-refractivity contribution is 14.1. The molecule has 21 heavy (non-hydrogen) atoms. The van der Waals surface area contributed by atoms with Crippen LogP contribution in [0.5, 0.6) is 11.5 Å². The second-order valence-corrected chi connectivity index (χ2v) is 5.64. The number of urea groups is 1. The van der Waals surface area contributed by atoms with Gasteiger partial charge in [0.1, 0.15) is 0 Å². The zero-order valence-corrected chi connectivity index (χ0v) is 13.2. The molecule has 2 amide bonds. The largest absolute Gasteiger partial charge is 0.454 e. The topological polar surface area (TPSA) is 59.6 Å². The summed E-state index contributed by atoms with van der Waals surface area (Å²) in [5, 5.41) is 5.64. The average molecular weight is 396 g/mol. The summed E-state index contributed by atoms with van der Waals surface area (Å²) < 4.78 is 11.5. The molecule has 0 spiro atoms. The molecule has 0 saturated heterocycles. The maximum atomic E-state index is 11.9. The Bertz CT molecular complexity index is 676. The predicted molar refractivity (Wildman–Crippen MR) is 87.6 cm³/mol. The van der Waals surface area contributed by atoms with Crippen LogP contribution in [0.15, 0.2) is 42.5 Å². The van der Waals surface area contributed by atoms with Crippen LogP contribution in [0.4, 0.5) is 10.5 Å². The van der Waals surface area contributed by atoms with E-state index in [2.05, 4.69) is 33.2 Å². The molecule has 0 aliphatic carbocycles. The first kappa shape index (κ1) is 14.0. The Balaban J connectivity index is 1.58. The van der Waals surface area contributed by atoms with E-state index in [1.54, 1.807) is 0 Å². The van der Waals surface area contributed by atoms with E-state index in [4.69, 9.17) is 9.47 Å². The number of benzene rings is 2. The van der Waals surface area contributed by atoms with Crippen molar-refractivity contribution in [2.75, 3.05) is 12.1 Å². The first-order chi connectivity index (χ1) is 10.2. The molecule has 3 rings (SSSR count). The molecule has 0 atom stereocenters. The Hall–Kier alpha value is -1.96. The van der Waals surface area contributed by atoms with Crippen molar-refractivity contribution in [3.8, 4) is 11.5 Å². The van der Waals surface area contributed by atoms with E-state index in [0.29, 0.717) is 12.3 Å². The summed E-state index contributed by atoms with van der Waals surface area (Å²) in [6.07, 6.45) is 0. The number of carbonyl (C=O) groups is 1. The molecule has 0 bridgehead atoms. The summed E-state index contributed by atoms with van der Waals surface area (Å²) >= 11 is 2.18. The number of anilines is 1. The average Bonchev–Trinajstić information content (AvgIpc) is 2.95. The molecular weight excluding hydrogens is 383 g/mol. The Morgan fingerprint density at radius 2 is 1.95 bits per heavy atom. The number of carbonyl (C=O) groups excluding carboxylic acids is 1. The first-order valence-electron chi connectivity index (χ1n) is 6.40. The maximum absolute atomic E-state index is 11.9. The fraction of sp³-hybridized carbons (Fsp3) is 0.133. The monoisotopic (exact) mass is 396 g/mol. The summed E-state index contributed by atoms with van der Waals surface area (Å²) in [6, 6.07) is 13.0. The van der Waals surface area contributed by atoms with Crippen molar-refractivity contribution in [1.82, 2.24) is 5.32 Å². The van der Waals surface area contributed by atoms with Crippen molar-refractivity contribution in [3.05, 3.63) is 51.6 Å². The zero-order valence-electron chi connectivity index (χ0n) is 11.1. The fourth-order valence-corrected chi connectivity index (χ4v) is 2.48. The second kappa shape index (κ2) is 6.21. The SMILES string of the molecule is O=C(NCc1ccc2c(c1)OCO2)Nc1ccccc1I. The van der Waals surface area contributed by atoms with Gasteiger partial charge in [-0.05, 0) is 52.4 Å². The van der Waals surface area contributed by atoms with Gasteiger partial charge in [-0.3, -0.25) is 0 Å². The van der Waals surface area contributed by atoms with Crippen LogP contribution in [-0.2, 0) is 6.54 Å². The second-order valence-electron chi connectivity index (χ2n) is 4.48. The van der Waals surface area contributed by atoms with E-state index < -0.39 is 0 Å². The standard InChI is InChI=1S/C15H13IN2O3/c16-11-3-1-2-4-12(11)18-15(19)17-8-10-5-6-13-14(7-10)21-9-20-13/h1-7H,8-9H2,(H2,17,18,19). The minimum absolute atomic E-state index is 0.239. The van der Waals surface area contributed by atoms with Gasteiger partial charge in [0.25, 0.3) is 0 Å². The summed E-state index contributed by atoms with van der Waals surface area (Å²) in [6.45, 7) is 0.672. The van der Waals surface area contributed by atoms with Gasteiger partial charge in [0.05, 0.1) is 5.69 Å². The summed E-state index contributed by atoms with van der Waals surface area (Å²) in [7, 11) is 0. The van der Waals surface area contributed by atoms with Crippen molar-refractivity contribution in [2.45, 2.75) is 6.54 Å². The molecule has 0 aromatic heterocycles. The lowest BCUT2D eigenvalue weighted by molar-refractivity contribution is 0.174. The lowest BCUT2D eigenvalue weighted by Gasteiger charge is -2.09. The van der Waals surface area contributed by atoms with Crippen LogP contribution >= 0.6 is 22.6 Å². The lowest BCUT2D eigenvalue weighted by Crippen LogP contribution is -2.28. The Labute approximate surface area is 135 Å². The Morgan fingerprint density at radius 1 is 1.14 bits per heavy atom. The summed E-state index contributed by atoms with van der Waals surface area (Å²) in [5.41, 5.74) is 1.75. The highest BCUT2D eigenvalue weighted by Crippen LogP contribution is 2.32. The van der Waals surface area contributed by atoms with Gasteiger partial charge in [0.2, 0.25) is 6.79 Å². The predicted octanol–water partition coefficient (Wildman–Crippen LogP) is 3.34. The number of hydrogen-bond donors (Lipinski definition) is 2. The number of rotatable bonds is 3. The first-order valence-corrected chi connectivity index (χ1v) is 7.48. The van der Waals surface area contributed by atoms with Gasteiger partial charge >= 0.3 is 6.03 Å². The quantitative estimate of drug-likeness (QED) is 0.783. The van der Waals surface area contributed by atoms with Crippen LogP contribution in [0, 0.1) is 3.57 Å². The van der Waals surface area contributed by atoms with Gasteiger partial charge in [-0.25, -0.2) is 4.79 Å². The van der Waals surface area contributed by atoms with E-state index in [1.807, 2.05) is 42.5 Å². The Kier molecular flexibility index (Phi) is 4.14. The van der Waals surface area contributed by atoms with Crippen molar-refractivity contribution in [1.29, 1.82) is 0 Å². The molecule has 2 aromatic carbocycles. The van der Waals surface area contributed by atoms with Gasteiger partial charge in [0.15, 0.2) is 11.5 Å². The van der Waals surface area contributed by atoms with Crippen molar-refractivity contribution in [2.24, 2.45) is 0 Å². The minimum atomic E-state index is -0.239. The van der Waals surface area contributed by atoms with E-state index in [-0.39, 0.29) is 12.8 Å². The van der Waals surface area contributed by atoms with Crippen LogP contribution in [0.2, 0.25) is 0 Å². The van der Waals surface area contributed by atoms with Crippen LogP contribution in [0.1, 0.15) is 5.56 Å². The number of ether oxygens (including phenoxy) is 2. The van der Waals surface area contributed by atoms with Crippen LogP contribution < -0.4 is 20.1 Å². The normalized spacial score (nSPS) is 12.0. The van der Waals surface area contributed by atoms with Crippen molar-refractivity contribution >= 4 is 34.3 Å². The van der Waals surface area contributed by atoms with E-state index in [0.717, 1.165) is 20.6 Å². The van der Waals surface area contributed by atoms with E-state index in [9.17, 15) is 4.79 Å². The molecule has 2 aromatic rings. The zero-order chi connectivity index (χ0) is 14.7. The molecule has 0 radical (unpaired) electrons. The van der Waals surface area contributed by atoms with E-state index in [1.165, 1.54) is 0 Å². The van der Waals surface area contributed by atoms with Gasteiger partial charge in [-0.1, -0.05) is 18.2 Å². The van der Waals surface area contributed by atoms with Crippen molar-refractivity contribution < 1.29 is 14.3 Å². The molecule has 5 nitrogen and oxygen atoms in total. The molecule has 108 valence electrons. The number of amides is 2. The number of halogens is 1. The Morgan fingerprint density at radius 3 is 2.81 bits per heavy atom. The van der Waals surface area contributed by atoms with E-state index >= 15 is 0 Å². The summed E-state index contributed by atoms with van der Waals surface area (Å²) in [4.78, 5) is 11.9. The molecule has 1 aliphatic rings. The molecule has 6 heteroatoms. The third-order valence-electron chi connectivity index (χ3n) is 3.01. The van der Waals surface area contributed by atoms with Crippen LogP contribution in [0.3, 0.4) is 0 Å². The van der Waals surface area contributed by atoms with Gasteiger partial charge in [-0.15, -0.1) is 0 Å². The number of hydrogen-bond acceptors (Lipinski definition) is 3. The molecule has 2 N–H and O–H groups in total. The molecule has 1 heterocycles. The highest BCUT2D eigenvalue weighted by Gasteiger charge is 2.13. The van der Waals surface area contributed by atoms with Crippen LogP contribution in [0.25, 0.3) is 0 Å². The minimum Gasteiger partial charge on any atom is -0.454 e. The summed E-state index contributed by atoms with van der Waals surface area (Å²) in [5.74, 6) is 1.45. The number of nitrogens with one attached hydrogen (secondary N) is 2. The molecule has 0 saturated carbocycles. The van der Waals surface area contributed by atoms with Crippen LogP contribution in [-0.4, -0.2) is 12.8 Å². The molecule has 0 fully saturated rings. The van der Waals surface area contributed by atoms with Gasteiger partial charge in [0, 0.05) is 10.1 Å². The maximum Gasteiger partial charge on any atom is 0.319 e. The lowest BCUT2D eigenvalue weighted by atomic mass is 10.2. The third kappa shape index (κ3) is 3.38. The number of fused-ring (bicyclic) bond motifs is 1. The van der Waals surface area contributed by atoms with Gasteiger partial charge in [-0.2, -0.15) is 0 Å². The molecule has 1 aliphatic heterocycles. The smallest absolute Gasteiger partial charge is 0.319 e. The number of para-hydroxylation sites is 1.